The van der Waals surface area contributed by atoms with Crippen LogP contribution < -0.4 is 0 Å². The van der Waals surface area contributed by atoms with E-state index in [0.717, 1.165) is 13.2 Å². The Balaban J connectivity index is 1.68. The molecule has 1 aromatic carbocycles. The maximum Gasteiger partial charge on any atom is 0.0721 e. The van der Waals surface area contributed by atoms with E-state index in [1.165, 1.54) is 22.3 Å². The minimum Gasteiger partial charge on any atom is -0.376 e. The molecule has 0 spiro atoms. The Kier molecular flexibility index (Phi) is 4.91. The third-order valence-electron chi connectivity index (χ3n) is 4.30. The molecule has 0 unspecified atom stereocenters. The van der Waals surface area contributed by atoms with Gasteiger partial charge in [-0.1, -0.05) is 61.1 Å². The van der Waals surface area contributed by atoms with Crippen LogP contribution in [0.5, 0.6) is 0 Å². The molecule has 2 heteroatoms. The van der Waals surface area contributed by atoms with Gasteiger partial charge in [-0.25, -0.2) is 0 Å². The molecule has 22 heavy (non-hydrogen) atoms. The number of fused-ring (bicyclic) bond motifs is 1. The first-order valence-electron chi connectivity index (χ1n) is 8.01. The van der Waals surface area contributed by atoms with Crippen molar-refractivity contribution >= 4 is 0 Å². The summed E-state index contributed by atoms with van der Waals surface area (Å²) in [5.41, 5.74) is 5.29. The summed E-state index contributed by atoms with van der Waals surface area (Å²) in [4.78, 5) is 0. The summed E-state index contributed by atoms with van der Waals surface area (Å²) in [6.07, 6.45) is 6.94. The normalized spacial score (nSPS) is 31.8. The van der Waals surface area contributed by atoms with Crippen LogP contribution in [0.4, 0.5) is 0 Å². The molecule has 0 amide bonds. The molecule has 2 aliphatic rings. The van der Waals surface area contributed by atoms with Gasteiger partial charge in [0.05, 0.1) is 26.4 Å². The Morgan fingerprint density at radius 1 is 1.14 bits per heavy atom. The molecular formula is C20H24O2. The third kappa shape index (κ3) is 3.76. The summed E-state index contributed by atoms with van der Waals surface area (Å²) in [6.45, 7) is 7.33. The molecule has 0 aromatic heterocycles. The van der Waals surface area contributed by atoms with Gasteiger partial charge in [-0.05, 0) is 29.6 Å². The summed E-state index contributed by atoms with van der Waals surface area (Å²) in [6, 6.07) is 10.3. The lowest BCUT2D eigenvalue weighted by Gasteiger charge is -2.17. The van der Waals surface area contributed by atoms with E-state index in [4.69, 9.17) is 9.47 Å². The number of ether oxygens (including phenoxy) is 2. The number of hydrogen-bond acceptors (Lipinski definition) is 2. The quantitative estimate of drug-likeness (QED) is 0.771. The van der Waals surface area contributed by atoms with Crippen molar-refractivity contribution < 1.29 is 9.47 Å². The summed E-state index contributed by atoms with van der Waals surface area (Å²) >= 11 is 0. The molecule has 0 saturated carbocycles. The van der Waals surface area contributed by atoms with E-state index in [2.05, 4.69) is 44.2 Å². The molecule has 0 N–H and O–H groups in total. The van der Waals surface area contributed by atoms with E-state index in [9.17, 15) is 0 Å². The SMILES string of the molecule is C/C1=C/[C@@H](C)/C=C(COCc2ccccc2)\C=C2\COC[C@@H]12. The average molecular weight is 296 g/mol. The van der Waals surface area contributed by atoms with E-state index >= 15 is 0 Å². The smallest absolute Gasteiger partial charge is 0.0721 e. The Hall–Kier alpha value is -1.64. The van der Waals surface area contributed by atoms with Crippen molar-refractivity contribution in [2.75, 3.05) is 19.8 Å². The van der Waals surface area contributed by atoms with Crippen LogP contribution in [0.2, 0.25) is 0 Å². The zero-order valence-electron chi connectivity index (χ0n) is 13.4. The zero-order chi connectivity index (χ0) is 15.4. The van der Waals surface area contributed by atoms with Crippen LogP contribution in [-0.2, 0) is 16.1 Å². The van der Waals surface area contributed by atoms with Crippen LogP contribution in [-0.4, -0.2) is 19.8 Å². The van der Waals surface area contributed by atoms with E-state index in [-0.39, 0.29) is 0 Å². The first kappa shape index (κ1) is 15.3. The molecule has 3 rings (SSSR count). The monoisotopic (exact) mass is 296 g/mol. The van der Waals surface area contributed by atoms with Crippen LogP contribution in [0.25, 0.3) is 0 Å². The summed E-state index contributed by atoms with van der Waals surface area (Å²) in [5, 5.41) is 0. The molecule has 1 fully saturated rings. The molecule has 116 valence electrons. The van der Waals surface area contributed by atoms with Crippen molar-refractivity contribution in [2.24, 2.45) is 11.8 Å². The van der Waals surface area contributed by atoms with Gasteiger partial charge in [0, 0.05) is 5.92 Å². The van der Waals surface area contributed by atoms with Crippen LogP contribution >= 0.6 is 0 Å². The minimum absolute atomic E-state index is 0.439. The van der Waals surface area contributed by atoms with Crippen LogP contribution in [0, 0.1) is 11.8 Å². The fourth-order valence-electron chi connectivity index (χ4n) is 3.22. The van der Waals surface area contributed by atoms with Gasteiger partial charge < -0.3 is 9.47 Å². The maximum atomic E-state index is 5.90. The van der Waals surface area contributed by atoms with Crippen LogP contribution in [0.3, 0.4) is 0 Å². The highest BCUT2D eigenvalue weighted by Gasteiger charge is 2.24. The topological polar surface area (TPSA) is 18.5 Å². The second-order valence-electron chi connectivity index (χ2n) is 6.28. The van der Waals surface area contributed by atoms with Crippen LogP contribution in [0.1, 0.15) is 19.4 Å². The van der Waals surface area contributed by atoms with Gasteiger partial charge in [-0.3, -0.25) is 0 Å². The Morgan fingerprint density at radius 3 is 2.77 bits per heavy atom. The van der Waals surface area contributed by atoms with E-state index in [0.29, 0.717) is 25.0 Å². The lowest BCUT2D eigenvalue weighted by Crippen LogP contribution is -2.09. The highest BCUT2D eigenvalue weighted by molar-refractivity contribution is 5.35. The first-order valence-corrected chi connectivity index (χ1v) is 8.01. The summed E-state index contributed by atoms with van der Waals surface area (Å²) in [5.74, 6) is 0.897. The number of benzene rings is 1. The highest BCUT2D eigenvalue weighted by Crippen LogP contribution is 2.31. The molecule has 1 aliphatic heterocycles. The zero-order valence-corrected chi connectivity index (χ0v) is 13.4. The van der Waals surface area contributed by atoms with Gasteiger partial charge in [0.15, 0.2) is 0 Å². The third-order valence-corrected chi connectivity index (χ3v) is 4.30. The van der Waals surface area contributed by atoms with Crippen molar-refractivity contribution in [3.8, 4) is 0 Å². The molecule has 0 radical (unpaired) electrons. The van der Waals surface area contributed by atoms with Crippen molar-refractivity contribution in [3.63, 3.8) is 0 Å². The summed E-state index contributed by atoms with van der Waals surface area (Å²) < 4.78 is 11.6. The van der Waals surface area contributed by atoms with Gasteiger partial charge in [-0.15, -0.1) is 0 Å². The van der Waals surface area contributed by atoms with E-state index in [1.807, 2.05) is 18.2 Å². The number of rotatable bonds is 4. The molecule has 1 heterocycles. The molecule has 2 nitrogen and oxygen atoms in total. The highest BCUT2D eigenvalue weighted by atomic mass is 16.5. The fraction of sp³-hybridized carbons (Fsp3) is 0.400. The second kappa shape index (κ2) is 7.08. The molecule has 2 atom stereocenters. The largest absolute Gasteiger partial charge is 0.376 e. The maximum absolute atomic E-state index is 5.90. The predicted octanol–water partition coefficient (Wildman–Crippen LogP) is 4.30. The molecule has 0 bridgehead atoms. The minimum atomic E-state index is 0.439. The first-order chi connectivity index (χ1) is 10.7. The Labute approximate surface area is 133 Å². The molecule has 1 aromatic rings. The number of allylic oxidation sites excluding steroid dienone is 2. The van der Waals surface area contributed by atoms with Gasteiger partial charge in [0.25, 0.3) is 0 Å². The van der Waals surface area contributed by atoms with Crippen molar-refractivity contribution in [3.05, 3.63) is 70.8 Å². The predicted molar refractivity (Wildman–Crippen MR) is 89.5 cm³/mol. The molecular weight excluding hydrogens is 272 g/mol. The van der Waals surface area contributed by atoms with E-state index < -0.39 is 0 Å². The standard InChI is InChI=1S/C20H24O2/c1-15-8-16(2)20-14-22-13-19(20)10-18(9-15)12-21-11-17-6-4-3-5-7-17/h3-10,15,20H,11-14H2,1-2H3/b16-8-,18-9+,19-10-/t15-,20+/m1/s1. The second-order valence-corrected chi connectivity index (χ2v) is 6.28. The van der Waals surface area contributed by atoms with Gasteiger partial charge in [0.2, 0.25) is 0 Å². The van der Waals surface area contributed by atoms with Crippen molar-refractivity contribution in [2.45, 2.75) is 20.5 Å². The van der Waals surface area contributed by atoms with Crippen molar-refractivity contribution in [1.82, 2.24) is 0 Å². The number of hydrogen-bond donors (Lipinski definition) is 0. The lowest BCUT2D eigenvalue weighted by molar-refractivity contribution is 0.144. The van der Waals surface area contributed by atoms with E-state index in [1.54, 1.807) is 0 Å². The van der Waals surface area contributed by atoms with Gasteiger partial charge in [-0.2, -0.15) is 0 Å². The Morgan fingerprint density at radius 2 is 1.95 bits per heavy atom. The van der Waals surface area contributed by atoms with Crippen molar-refractivity contribution in [1.29, 1.82) is 0 Å². The van der Waals surface area contributed by atoms with Gasteiger partial charge >= 0.3 is 0 Å². The van der Waals surface area contributed by atoms with Crippen LogP contribution in [0.15, 0.2) is 65.3 Å². The Bertz CT molecular complexity index is 595. The summed E-state index contributed by atoms with van der Waals surface area (Å²) in [7, 11) is 0. The van der Waals surface area contributed by atoms with Gasteiger partial charge in [0.1, 0.15) is 0 Å². The molecule has 1 saturated heterocycles. The lowest BCUT2D eigenvalue weighted by atomic mass is 9.88. The molecule has 1 aliphatic carbocycles. The fourth-order valence-corrected chi connectivity index (χ4v) is 3.22. The average Bonchev–Trinajstić information content (AvgIpc) is 2.94.